The number of amides is 1. The van der Waals surface area contributed by atoms with Crippen LogP contribution in [0.2, 0.25) is 0 Å². The summed E-state index contributed by atoms with van der Waals surface area (Å²) in [5.41, 5.74) is 3.47. The highest BCUT2D eigenvalue weighted by Crippen LogP contribution is 2.44. The fourth-order valence-electron chi connectivity index (χ4n) is 6.03. The predicted octanol–water partition coefficient (Wildman–Crippen LogP) is 7.09. The molecular formula is C36H40N2O6S. The van der Waals surface area contributed by atoms with E-state index in [1.807, 2.05) is 37.3 Å². The number of nitrogens with one attached hydrogen (secondary N) is 1. The van der Waals surface area contributed by atoms with Gasteiger partial charge in [0.2, 0.25) is 0 Å². The molecule has 9 heteroatoms. The molecule has 1 aliphatic rings. The molecule has 1 N–H and O–H groups in total. The van der Waals surface area contributed by atoms with Gasteiger partial charge >= 0.3 is 11.9 Å². The molecule has 2 aromatic heterocycles. The fourth-order valence-corrected chi connectivity index (χ4v) is 7.35. The molecule has 45 heavy (non-hydrogen) atoms. The van der Waals surface area contributed by atoms with Gasteiger partial charge in [-0.1, -0.05) is 68.8 Å². The SMILES string of the molecule is CCOC(=O)c1c(NC(=O)C(C)OC(=O)c2c(-c3ccc(C)cc3)c3ccccc3c(=O)n2C)sc2c1CCC(C(C)(C)C)C2. The average Bonchev–Trinajstić information content (AvgIpc) is 3.36. The number of fused-ring (bicyclic) bond motifs is 2. The van der Waals surface area contributed by atoms with Gasteiger partial charge in [-0.2, -0.15) is 0 Å². The summed E-state index contributed by atoms with van der Waals surface area (Å²) in [7, 11) is 1.53. The highest BCUT2D eigenvalue weighted by molar-refractivity contribution is 7.17. The van der Waals surface area contributed by atoms with E-state index in [2.05, 4.69) is 26.1 Å². The first kappa shape index (κ1) is 32.2. The summed E-state index contributed by atoms with van der Waals surface area (Å²) in [5.74, 6) is -1.42. The number of anilines is 1. The first-order valence-corrected chi connectivity index (χ1v) is 16.2. The van der Waals surface area contributed by atoms with E-state index in [1.165, 1.54) is 29.9 Å². The van der Waals surface area contributed by atoms with E-state index in [0.29, 0.717) is 32.8 Å². The van der Waals surface area contributed by atoms with Crippen molar-refractivity contribution in [2.45, 2.75) is 66.9 Å². The third kappa shape index (κ3) is 6.31. The molecule has 2 atom stereocenters. The topological polar surface area (TPSA) is 104 Å². The predicted molar refractivity (Wildman–Crippen MR) is 178 cm³/mol. The lowest BCUT2D eigenvalue weighted by Crippen LogP contribution is -2.33. The highest BCUT2D eigenvalue weighted by atomic mass is 32.1. The number of hydrogen-bond acceptors (Lipinski definition) is 7. The van der Waals surface area contributed by atoms with Gasteiger partial charge in [0.05, 0.1) is 12.2 Å². The van der Waals surface area contributed by atoms with Crippen molar-refractivity contribution in [1.29, 1.82) is 0 Å². The Hall–Kier alpha value is -4.24. The molecule has 0 spiro atoms. The van der Waals surface area contributed by atoms with Gasteiger partial charge in [-0.05, 0) is 73.9 Å². The van der Waals surface area contributed by atoms with Gasteiger partial charge in [0.1, 0.15) is 10.7 Å². The first-order chi connectivity index (χ1) is 21.3. The van der Waals surface area contributed by atoms with E-state index in [4.69, 9.17) is 9.47 Å². The second kappa shape index (κ2) is 12.6. The summed E-state index contributed by atoms with van der Waals surface area (Å²) < 4.78 is 12.4. The number of carbonyl (C=O) groups excluding carboxylic acids is 3. The molecular weight excluding hydrogens is 588 g/mol. The molecule has 4 aromatic rings. The highest BCUT2D eigenvalue weighted by Gasteiger charge is 2.35. The third-order valence-electron chi connectivity index (χ3n) is 8.70. The van der Waals surface area contributed by atoms with Crippen molar-refractivity contribution < 1.29 is 23.9 Å². The maximum absolute atomic E-state index is 13.8. The zero-order valence-corrected chi connectivity index (χ0v) is 27.7. The molecule has 1 aliphatic carbocycles. The molecule has 236 valence electrons. The molecule has 0 aliphatic heterocycles. The van der Waals surface area contributed by atoms with Crippen LogP contribution in [-0.4, -0.2) is 35.1 Å². The van der Waals surface area contributed by atoms with Gasteiger partial charge in [-0.25, -0.2) is 9.59 Å². The van der Waals surface area contributed by atoms with Crippen LogP contribution >= 0.6 is 11.3 Å². The van der Waals surface area contributed by atoms with Crippen molar-refractivity contribution in [3.63, 3.8) is 0 Å². The number of nitrogens with zero attached hydrogens (tertiary/aromatic N) is 1. The smallest absolute Gasteiger partial charge is 0.356 e. The van der Waals surface area contributed by atoms with Gasteiger partial charge in [-0.15, -0.1) is 11.3 Å². The Labute approximate surface area is 267 Å². The van der Waals surface area contributed by atoms with Crippen LogP contribution in [0.25, 0.3) is 21.9 Å². The molecule has 2 unspecified atom stereocenters. The van der Waals surface area contributed by atoms with Crippen LogP contribution in [0.5, 0.6) is 0 Å². The van der Waals surface area contributed by atoms with Crippen molar-refractivity contribution in [2.75, 3.05) is 11.9 Å². The van der Waals surface area contributed by atoms with Crippen LogP contribution in [0.3, 0.4) is 0 Å². The van der Waals surface area contributed by atoms with Gasteiger partial charge in [0, 0.05) is 22.9 Å². The van der Waals surface area contributed by atoms with Gasteiger partial charge in [0.25, 0.3) is 11.5 Å². The van der Waals surface area contributed by atoms with Crippen LogP contribution in [0.1, 0.15) is 77.9 Å². The third-order valence-corrected chi connectivity index (χ3v) is 9.87. The number of benzene rings is 2. The number of hydrogen-bond donors (Lipinski definition) is 1. The lowest BCUT2D eigenvalue weighted by Gasteiger charge is -2.33. The zero-order chi connectivity index (χ0) is 32.6. The summed E-state index contributed by atoms with van der Waals surface area (Å²) in [6, 6.07) is 14.8. The number of aryl methyl sites for hydroxylation is 1. The maximum atomic E-state index is 13.8. The van der Waals surface area contributed by atoms with E-state index >= 15 is 0 Å². The number of carbonyl (C=O) groups is 3. The standard InChI is InChI=1S/C36H40N2O6S/c1-8-43-34(41)29-26-18-17-23(36(4,5)6)19-27(26)45-32(29)37-31(39)21(3)44-35(42)30-28(22-15-13-20(2)14-16-22)24-11-9-10-12-25(24)33(40)38(30)7/h9-16,21,23H,8,17-19H2,1-7H3,(H,37,39). The maximum Gasteiger partial charge on any atom is 0.356 e. The largest absolute Gasteiger partial charge is 0.462 e. The van der Waals surface area contributed by atoms with Crippen LogP contribution in [0.4, 0.5) is 5.00 Å². The lowest BCUT2D eigenvalue weighted by atomic mass is 9.72. The summed E-state index contributed by atoms with van der Waals surface area (Å²) in [6.45, 7) is 12.1. The Balaban J connectivity index is 1.46. The Morgan fingerprint density at radius 3 is 2.36 bits per heavy atom. The molecule has 1 amide bonds. The lowest BCUT2D eigenvalue weighted by molar-refractivity contribution is -0.123. The van der Waals surface area contributed by atoms with E-state index in [0.717, 1.165) is 40.8 Å². The van der Waals surface area contributed by atoms with Crippen LogP contribution in [0.15, 0.2) is 53.3 Å². The van der Waals surface area contributed by atoms with E-state index in [9.17, 15) is 19.2 Å². The minimum atomic E-state index is -1.22. The molecule has 0 bridgehead atoms. The minimum Gasteiger partial charge on any atom is -0.462 e. The molecule has 0 fully saturated rings. The second-order valence-electron chi connectivity index (χ2n) is 12.8. The number of aromatic nitrogens is 1. The van der Waals surface area contributed by atoms with E-state index in [1.54, 1.807) is 25.1 Å². The molecule has 5 rings (SSSR count). The molecule has 0 radical (unpaired) electrons. The summed E-state index contributed by atoms with van der Waals surface area (Å²) in [4.78, 5) is 54.8. The van der Waals surface area contributed by atoms with E-state index < -0.39 is 23.9 Å². The molecule has 2 aromatic carbocycles. The average molecular weight is 629 g/mol. The van der Waals surface area contributed by atoms with Crippen molar-refractivity contribution >= 4 is 45.0 Å². The summed E-state index contributed by atoms with van der Waals surface area (Å²) in [5, 5.41) is 4.35. The number of thiophene rings is 1. The number of pyridine rings is 1. The zero-order valence-electron chi connectivity index (χ0n) is 26.9. The minimum absolute atomic E-state index is 0.0502. The number of ether oxygens (including phenoxy) is 2. The molecule has 0 saturated carbocycles. The summed E-state index contributed by atoms with van der Waals surface area (Å²) in [6.07, 6.45) is 1.25. The van der Waals surface area contributed by atoms with Gasteiger partial charge in [-0.3, -0.25) is 9.59 Å². The quantitative estimate of drug-likeness (QED) is 0.219. The van der Waals surface area contributed by atoms with E-state index in [-0.39, 0.29) is 23.3 Å². The van der Waals surface area contributed by atoms with Crippen LogP contribution < -0.4 is 10.9 Å². The number of rotatable bonds is 7. The van der Waals surface area contributed by atoms with Crippen molar-refractivity contribution in [1.82, 2.24) is 4.57 Å². The number of esters is 2. The van der Waals surface area contributed by atoms with Crippen LogP contribution in [-0.2, 0) is 34.2 Å². The van der Waals surface area contributed by atoms with Crippen LogP contribution in [0, 0.1) is 18.3 Å². The second-order valence-corrected chi connectivity index (χ2v) is 13.9. The van der Waals surface area contributed by atoms with Crippen molar-refractivity contribution in [2.24, 2.45) is 18.4 Å². The van der Waals surface area contributed by atoms with Crippen molar-refractivity contribution in [3.8, 4) is 11.1 Å². The normalized spacial score (nSPS) is 15.3. The Kier molecular flexibility index (Phi) is 9.03. The first-order valence-electron chi connectivity index (χ1n) is 15.3. The van der Waals surface area contributed by atoms with Gasteiger partial charge in [0.15, 0.2) is 6.10 Å². The molecule has 2 heterocycles. The monoisotopic (exact) mass is 628 g/mol. The van der Waals surface area contributed by atoms with Crippen molar-refractivity contribution in [3.05, 3.63) is 86.1 Å². The summed E-state index contributed by atoms with van der Waals surface area (Å²) >= 11 is 1.38. The fraction of sp³-hybridized carbons (Fsp3) is 0.389. The Morgan fingerprint density at radius 2 is 1.71 bits per heavy atom. The van der Waals surface area contributed by atoms with Gasteiger partial charge < -0.3 is 19.4 Å². The molecule has 0 saturated heterocycles. The Bertz CT molecular complexity index is 1840. The molecule has 8 nitrogen and oxygen atoms in total. The Morgan fingerprint density at radius 1 is 1.04 bits per heavy atom.